The largest absolute Gasteiger partial charge is 0.466 e. The number of esters is 2. The number of aliphatic hydroxyl groups excluding tert-OH is 1. The van der Waals surface area contributed by atoms with Crippen molar-refractivity contribution in [3.63, 3.8) is 0 Å². The molecular weight excluding hydrogens is 659 g/mol. The second-order valence-electron chi connectivity index (χ2n) is 17.2. The molecule has 0 aliphatic rings. The van der Waals surface area contributed by atoms with Gasteiger partial charge >= 0.3 is 11.9 Å². The molecule has 0 spiro atoms. The van der Waals surface area contributed by atoms with Gasteiger partial charge in [0.05, 0.1) is 13.2 Å². The van der Waals surface area contributed by atoms with Gasteiger partial charge in [-0.1, -0.05) is 169 Å². The monoisotopic (exact) mass is 752 g/mol. The summed E-state index contributed by atoms with van der Waals surface area (Å²) in [5.74, 6) is 0.473. The third-order valence-corrected chi connectivity index (χ3v) is 11.1. The number of nitrogens with zero attached hydrogens (tertiary/aromatic N) is 1. The van der Waals surface area contributed by atoms with Crippen molar-refractivity contribution in [1.29, 1.82) is 0 Å². The van der Waals surface area contributed by atoms with E-state index in [0.717, 1.165) is 64.6 Å². The van der Waals surface area contributed by atoms with E-state index in [1.54, 1.807) is 0 Å². The smallest absolute Gasteiger partial charge is 0.306 e. The van der Waals surface area contributed by atoms with Crippen molar-refractivity contribution in [1.82, 2.24) is 4.90 Å². The molecule has 6 heteroatoms. The first-order valence-electron chi connectivity index (χ1n) is 23.4. The molecule has 1 N–H and O–H groups in total. The molecule has 0 radical (unpaired) electrons. The summed E-state index contributed by atoms with van der Waals surface area (Å²) in [5.41, 5.74) is 0.0105. The van der Waals surface area contributed by atoms with Crippen LogP contribution in [0, 0.1) is 11.3 Å². The highest BCUT2D eigenvalue weighted by Crippen LogP contribution is 2.26. The van der Waals surface area contributed by atoms with E-state index in [1.807, 2.05) is 0 Å². The van der Waals surface area contributed by atoms with E-state index in [0.29, 0.717) is 32.0 Å². The molecule has 0 heterocycles. The van der Waals surface area contributed by atoms with Gasteiger partial charge in [0.1, 0.15) is 0 Å². The zero-order valence-corrected chi connectivity index (χ0v) is 36.5. The number of carbonyl (C=O) groups excluding carboxylic acids is 2. The van der Waals surface area contributed by atoms with Crippen LogP contribution in [0.1, 0.15) is 240 Å². The van der Waals surface area contributed by atoms with Gasteiger partial charge in [-0.15, -0.1) is 0 Å². The van der Waals surface area contributed by atoms with Crippen molar-refractivity contribution in [2.75, 3.05) is 39.5 Å². The van der Waals surface area contributed by atoms with Crippen LogP contribution in [-0.4, -0.2) is 61.4 Å². The molecular formula is C47H93NO5. The first-order valence-corrected chi connectivity index (χ1v) is 23.4. The predicted octanol–water partition coefficient (Wildman–Crippen LogP) is 13.6. The molecule has 0 aromatic rings. The van der Waals surface area contributed by atoms with Gasteiger partial charge < -0.3 is 19.5 Å². The summed E-state index contributed by atoms with van der Waals surface area (Å²) in [4.78, 5) is 27.6. The lowest BCUT2D eigenvalue weighted by molar-refractivity contribution is -0.148. The summed E-state index contributed by atoms with van der Waals surface area (Å²) >= 11 is 0. The average molecular weight is 752 g/mol. The molecule has 53 heavy (non-hydrogen) atoms. The van der Waals surface area contributed by atoms with Gasteiger partial charge in [0.25, 0.3) is 0 Å². The van der Waals surface area contributed by atoms with Crippen molar-refractivity contribution in [2.45, 2.75) is 240 Å². The molecule has 0 saturated heterocycles. The third kappa shape index (κ3) is 37.6. The molecule has 0 rings (SSSR count). The first-order chi connectivity index (χ1) is 25.8. The van der Waals surface area contributed by atoms with Gasteiger partial charge in [0.15, 0.2) is 0 Å². The molecule has 0 fully saturated rings. The Kier molecular flexibility index (Phi) is 38.3. The Morgan fingerprint density at radius 3 is 1.53 bits per heavy atom. The van der Waals surface area contributed by atoms with Crippen molar-refractivity contribution >= 4 is 11.9 Å². The zero-order valence-electron chi connectivity index (χ0n) is 36.5. The van der Waals surface area contributed by atoms with Gasteiger partial charge in [-0.2, -0.15) is 0 Å². The van der Waals surface area contributed by atoms with Crippen molar-refractivity contribution in [2.24, 2.45) is 11.3 Å². The molecule has 0 amide bonds. The Hall–Kier alpha value is -1.14. The van der Waals surface area contributed by atoms with E-state index in [9.17, 15) is 14.7 Å². The predicted molar refractivity (Wildman–Crippen MR) is 227 cm³/mol. The molecule has 0 bridgehead atoms. The van der Waals surface area contributed by atoms with Crippen LogP contribution in [0.5, 0.6) is 0 Å². The fourth-order valence-electron chi connectivity index (χ4n) is 7.42. The molecule has 0 atom stereocenters. The standard InChI is InChI=1S/C47H93NO5/c1-6-9-12-15-16-22-32-41-52-45(50)35-26-20-17-21-28-37-48(39-30-31-40-49)38-29-23-27-36-47(4,5)43-53-46(51)42-44(33-24-18-13-10-7-2)34-25-19-14-11-8-3/h44,49H,6-43H2,1-5H3. The van der Waals surface area contributed by atoms with Crippen molar-refractivity contribution in [3.8, 4) is 0 Å². The normalized spacial score (nSPS) is 11.9. The summed E-state index contributed by atoms with van der Waals surface area (Å²) < 4.78 is 11.4. The van der Waals surface area contributed by atoms with E-state index < -0.39 is 0 Å². The molecule has 0 aliphatic carbocycles. The first kappa shape index (κ1) is 51.9. The maximum absolute atomic E-state index is 12.9. The Morgan fingerprint density at radius 2 is 0.981 bits per heavy atom. The second-order valence-corrected chi connectivity index (χ2v) is 17.2. The Bertz CT molecular complexity index is 773. The third-order valence-electron chi connectivity index (χ3n) is 11.1. The average Bonchev–Trinajstić information content (AvgIpc) is 3.14. The highest BCUT2D eigenvalue weighted by molar-refractivity contribution is 5.69. The second kappa shape index (κ2) is 39.1. The van der Waals surface area contributed by atoms with E-state index in [1.165, 1.54) is 148 Å². The highest BCUT2D eigenvalue weighted by atomic mass is 16.5. The van der Waals surface area contributed by atoms with Gasteiger partial charge in [-0.25, -0.2) is 0 Å². The summed E-state index contributed by atoms with van der Waals surface area (Å²) in [6.45, 7) is 16.0. The lowest BCUT2D eigenvalue weighted by Gasteiger charge is -2.25. The summed E-state index contributed by atoms with van der Waals surface area (Å²) in [5, 5.41) is 9.30. The van der Waals surface area contributed by atoms with E-state index in [2.05, 4.69) is 39.5 Å². The van der Waals surface area contributed by atoms with Gasteiger partial charge in [-0.05, 0) is 88.8 Å². The number of rotatable bonds is 42. The zero-order chi connectivity index (χ0) is 39.1. The van der Waals surface area contributed by atoms with Crippen LogP contribution in [0.2, 0.25) is 0 Å². The summed E-state index contributed by atoms with van der Waals surface area (Å²) in [7, 11) is 0. The number of aliphatic hydroxyl groups is 1. The lowest BCUT2D eigenvalue weighted by atomic mass is 9.87. The minimum atomic E-state index is -0.0220. The molecule has 0 aliphatic heterocycles. The van der Waals surface area contributed by atoms with Crippen LogP contribution in [0.3, 0.4) is 0 Å². The number of ether oxygens (including phenoxy) is 2. The minimum absolute atomic E-state index is 0.0105. The van der Waals surface area contributed by atoms with Crippen LogP contribution in [0.15, 0.2) is 0 Å². The van der Waals surface area contributed by atoms with Crippen molar-refractivity contribution < 1.29 is 24.2 Å². The number of carbonyl (C=O) groups is 2. The van der Waals surface area contributed by atoms with Crippen LogP contribution in [0.25, 0.3) is 0 Å². The fourth-order valence-corrected chi connectivity index (χ4v) is 7.42. The Labute approximate surface area is 331 Å². The molecule has 0 aromatic heterocycles. The minimum Gasteiger partial charge on any atom is -0.466 e. The van der Waals surface area contributed by atoms with E-state index >= 15 is 0 Å². The number of unbranched alkanes of at least 4 members (excludes halogenated alkanes) is 21. The van der Waals surface area contributed by atoms with Gasteiger partial charge in [0, 0.05) is 19.4 Å². The topological polar surface area (TPSA) is 76.1 Å². The molecule has 6 nitrogen and oxygen atoms in total. The van der Waals surface area contributed by atoms with Crippen LogP contribution in [0.4, 0.5) is 0 Å². The highest BCUT2D eigenvalue weighted by Gasteiger charge is 2.22. The quantitative estimate of drug-likeness (QED) is 0.0494. The van der Waals surface area contributed by atoms with Crippen LogP contribution in [-0.2, 0) is 19.1 Å². The molecule has 0 saturated carbocycles. The number of hydrogen-bond donors (Lipinski definition) is 1. The molecule has 316 valence electrons. The lowest BCUT2D eigenvalue weighted by Crippen LogP contribution is -2.27. The fraction of sp³-hybridized carbons (Fsp3) is 0.957. The number of hydrogen-bond acceptors (Lipinski definition) is 6. The van der Waals surface area contributed by atoms with Crippen LogP contribution < -0.4 is 0 Å². The molecule has 0 unspecified atom stereocenters. The Balaban J connectivity index is 4.25. The molecule has 0 aromatic carbocycles. The maximum atomic E-state index is 12.9. The van der Waals surface area contributed by atoms with E-state index in [-0.39, 0.29) is 24.0 Å². The van der Waals surface area contributed by atoms with Gasteiger partial charge in [-0.3, -0.25) is 9.59 Å². The SMILES string of the molecule is CCCCCCCCCOC(=O)CCCCCCCN(CCCCO)CCCCCC(C)(C)COC(=O)CC(CCCCCCC)CCCCCCC. The van der Waals surface area contributed by atoms with E-state index in [4.69, 9.17) is 9.47 Å². The maximum Gasteiger partial charge on any atom is 0.306 e. The van der Waals surface area contributed by atoms with Crippen molar-refractivity contribution in [3.05, 3.63) is 0 Å². The Morgan fingerprint density at radius 1 is 0.528 bits per heavy atom. The summed E-state index contributed by atoms with van der Waals surface area (Å²) in [6, 6.07) is 0. The summed E-state index contributed by atoms with van der Waals surface area (Å²) in [6.07, 6.45) is 37.2. The van der Waals surface area contributed by atoms with Crippen LogP contribution >= 0.6 is 0 Å². The van der Waals surface area contributed by atoms with Gasteiger partial charge in [0.2, 0.25) is 0 Å².